The normalized spacial score (nSPS) is 13.3. The van der Waals surface area contributed by atoms with Crippen LogP contribution in [-0.4, -0.2) is 11.5 Å². The maximum atomic E-state index is 5.53. The molecule has 2 nitrogen and oxygen atoms in total. The molecule has 0 aliphatic rings. The number of hydrogen-bond donors (Lipinski definition) is 1. The van der Waals surface area contributed by atoms with Gasteiger partial charge < -0.3 is 5.73 Å². The Morgan fingerprint density at radius 1 is 1.67 bits per heavy atom. The number of hydrogen-bond acceptors (Lipinski definition) is 3. The molecule has 68 valence electrons. The minimum Gasteiger partial charge on any atom is -0.330 e. The number of thiazole rings is 1. The number of aromatic nitrogens is 1. The summed E-state index contributed by atoms with van der Waals surface area (Å²) in [6, 6.07) is 0. The molecule has 0 spiro atoms. The molecule has 0 saturated carbocycles. The molecule has 1 heterocycles. The van der Waals surface area contributed by atoms with Crippen LogP contribution in [0.2, 0.25) is 0 Å². The highest BCUT2D eigenvalue weighted by molar-refractivity contribution is 9.11. The largest absolute Gasteiger partial charge is 0.330 e. The van der Waals surface area contributed by atoms with Crippen LogP contribution in [0.15, 0.2) is 3.79 Å². The summed E-state index contributed by atoms with van der Waals surface area (Å²) in [6.45, 7) is 4.89. The van der Waals surface area contributed by atoms with Crippen LogP contribution >= 0.6 is 27.3 Å². The topological polar surface area (TPSA) is 38.9 Å². The van der Waals surface area contributed by atoms with Gasteiger partial charge in [0.05, 0.1) is 14.5 Å². The SMILES string of the molecule is Cc1nc(CC(C)CN)sc1Br. The molecule has 1 aromatic heterocycles. The molecule has 1 unspecified atom stereocenters. The van der Waals surface area contributed by atoms with Gasteiger partial charge in [-0.3, -0.25) is 0 Å². The quantitative estimate of drug-likeness (QED) is 0.893. The van der Waals surface area contributed by atoms with Crippen LogP contribution in [0.25, 0.3) is 0 Å². The maximum absolute atomic E-state index is 5.53. The fourth-order valence-electron chi connectivity index (χ4n) is 0.900. The van der Waals surface area contributed by atoms with Crippen LogP contribution in [0.4, 0.5) is 0 Å². The molecular weight excluding hydrogens is 236 g/mol. The third kappa shape index (κ3) is 2.54. The highest BCUT2D eigenvalue weighted by Gasteiger charge is 2.07. The van der Waals surface area contributed by atoms with Gasteiger partial charge in [-0.05, 0) is 35.3 Å². The first-order valence-electron chi connectivity index (χ1n) is 3.95. The van der Waals surface area contributed by atoms with E-state index in [4.69, 9.17) is 5.73 Å². The first kappa shape index (κ1) is 10.2. The smallest absolute Gasteiger partial charge is 0.0943 e. The fraction of sp³-hybridized carbons (Fsp3) is 0.625. The molecule has 0 bridgehead atoms. The van der Waals surface area contributed by atoms with E-state index >= 15 is 0 Å². The second-order valence-electron chi connectivity index (χ2n) is 3.01. The summed E-state index contributed by atoms with van der Waals surface area (Å²) in [5, 5.41) is 1.18. The van der Waals surface area contributed by atoms with E-state index < -0.39 is 0 Å². The predicted octanol–water partition coefficient (Wildman–Crippen LogP) is 2.35. The van der Waals surface area contributed by atoms with Gasteiger partial charge in [-0.25, -0.2) is 4.98 Å². The highest BCUT2D eigenvalue weighted by Crippen LogP contribution is 2.25. The van der Waals surface area contributed by atoms with Crippen LogP contribution in [0.1, 0.15) is 17.6 Å². The van der Waals surface area contributed by atoms with E-state index in [0.29, 0.717) is 5.92 Å². The summed E-state index contributed by atoms with van der Waals surface area (Å²) in [6.07, 6.45) is 0.994. The first-order valence-corrected chi connectivity index (χ1v) is 5.56. The number of aryl methyl sites for hydroxylation is 1. The van der Waals surface area contributed by atoms with Crippen LogP contribution in [-0.2, 0) is 6.42 Å². The summed E-state index contributed by atoms with van der Waals surface area (Å²) >= 11 is 5.16. The average molecular weight is 249 g/mol. The molecule has 2 N–H and O–H groups in total. The molecule has 0 aliphatic heterocycles. The Labute approximate surface area is 85.3 Å². The van der Waals surface area contributed by atoms with Gasteiger partial charge in [0.25, 0.3) is 0 Å². The van der Waals surface area contributed by atoms with Crippen molar-refractivity contribution in [2.75, 3.05) is 6.54 Å². The fourth-order valence-corrected chi connectivity index (χ4v) is 2.50. The zero-order valence-corrected chi connectivity index (χ0v) is 9.70. The van der Waals surface area contributed by atoms with Crippen LogP contribution in [0.5, 0.6) is 0 Å². The number of nitrogens with two attached hydrogens (primary N) is 1. The zero-order chi connectivity index (χ0) is 9.14. The monoisotopic (exact) mass is 248 g/mol. The van der Waals surface area contributed by atoms with E-state index in [1.54, 1.807) is 11.3 Å². The van der Waals surface area contributed by atoms with Gasteiger partial charge in [0.1, 0.15) is 0 Å². The Kier molecular flexibility index (Phi) is 3.68. The highest BCUT2D eigenvalue weighted by atomic mass is 79.9. The van der Waals surface area contributed by atoms with Gasteiger partial charge in [-0.15, -0.1) is 11.3 Å². The van der Waals surface area contributed by atoms with Gasteiger partial charge in [-0.1, -0.05) is 6.92 Å². The lowest BCUT2D eigenvalue weighted by Gasteiger charge is -2.03. The number of nitrogens with zero attached hydrogens (tertiary/aromatic N) is 1. The molecule has 12 heavy (non-hydrogen) atoms. The Balaban J connectivity index is 2.64. The minimum atomic E-state index is 0.530. The molecule has 1 atom stereocenters. The summed E-state index contributed by atoms with van der Waals surface area (Å²) in [5.41, 5.74) is 6.61. The molecule has 4 heteroatoms. The van der Waals surface area contributed by atoms with E-state index in [2.05, 4.69) is 27.8 Å². The van der Waals surface area contributed by atoms with Gasteiger partial charge in [0.15, 0.2) is 0 Å². The van der Waals surface area contributed by atoms with Crippen LogP contribution in [0, 0.1) is 12.8 Å². The molecule has 1 rings (SSSR count). The first-order chi connectivity index (χ1) is 5.63. The van der Waals surface area contributed by atoms with Gasteiger partial charge in [0, 0.05) is 6.42 Å². The maximum Gasteiger partial charge on any atom is 0.0943 e. The Morgan fingerprint density at radius 3 is 2.75 bits per heavy atom. The van der Waals surface area contributed by atoms with Crippen LogP contribution < -0.4 is 5.73 Å². The number of halogens is 1. The zero-order valence-electron chi connectivity index (χ0n) is 7.30. The second kappa shape index (κ2) is 4.35. The van der Waals surface area contributed by atoms with Crippen molar-refractivity contribution in [3.8, 4) is 0 Å². The van der Waals surface area contributed by atoms with Gasteiger partial charge >= 0.3 is 0 Å². The molecule has 1 aromatic rings. The Bertz CT molecular complexity index is 240. The number of rotatable bonds is 3. The molecule has 0 fully saturated rings. The predicted molar refractivity (Wildman–Crippen MR) is 56.5 cm³/mol. The van der Waals surface area contributed by atoms with E-state index in [0.717, 1.165) is 22.4 Å². The summed E-state index contributed by atoms with van der Waals surface area (Å²) < 4.78 is 1.14. The van der Waals surface area contributed by atoms with Crippen LogP contribution in [0.3, 0.4) is 0 Å². The average Bonchev–Trinajstić information content (AvgIpc) is 2.31. The van der Waals surface area contributed by atoms with Crippen molar-refractivity contribution in [2.24, 2.45) is 11.7 Å². The summed E-state index contributed by atoms with van der Waals surface area (Å²) in [7, 11) is 0. The third-order valence-electron chi connectivity index (χ3n) is 1.71. The molecular formula is C8H13BrN2S. The Hall–Kier alpha value is 0.0700. The van der Waals surface area contributed by atoms with Crippen molar-refractivity contribution in [3.63, 3.8) is 0 Å². The third-order valence-corrected chi connectivity index (χ3v) is 3.74. The van der Waals surface area contributed by atoms with Gasteiger partial charge in [0.2, 0.25) is 0 Å². The summed E-state index contributed by atoms with van der Waals surface area (Å²) in [4.78, 5) is 4.41. The standard InChI is InChI=1S/C8H13BrN2S/c1-5(4-10)3-7-11-6(2)8(9)12-7/h5H,3-4,10H2,1-2H3. The molecule has 0 radical (unpaired) electrons. The minimum absolute atomic E-state index is 0.530. The van der Waals surface area contributed by atoms with E-state index in [-0.39, 0.29) is 0 Å². The van der Waals surface area contributed by atoms with E-state index in [9.17, 15) is 0 Å². The van der Waals surface area contributed by atoms with Crippen molar-refractivity contribution in [1.29, 1.82) is 0 Å². The lowest BCUT2D eigenvalue weighted by molar-refractivity contribution is 0.590. The van der Waals surface area contributed by atoms with Crippen molar-refractivity contribution in [3.05, 3.63) is 14.5 Å². The second-order valence-corrected chi connectivity index (χ2v) is 5.41. The summed E-state index contributed by atoms with van der Waals surface area (Å²) in [5.74, 6) is 0.530. The van der Waals surface area contributed by atoms with Crippen molar-refractivity contribution in [1.82, 2.24) is 4.98 Å². The lowest BCUT2D eigenvalue weighted by atomic mass is 10.1. The van der Waals surface area contributed by atoms with Gasteiger partial charge in [-0.2, -0.15) is 0 Å². The lowest BCUT2D eigenvalue weighted by Crippen LogP contribution is -2.12. The molecule has 0 amide bonds. The molecule has 0 aromatic carbocycles. The van der Waals surface area contributed by atoms with E-state index in [1.807, 2.05) is 6.92 Å². The van der Waals surface area contributed by atoms with Crippen molar-refractivity contribution in [2.45, 2.75) is 20.3 Å². The van der Waals surface area contributed by atoms with E-state index in [1.165, 1.54) is 5.01 Å². The molecule has 0 saturated heterocycles. The van der Waals surface area contributed by atoms with Crippen molar-refractivity contribution < 1.29 is 0 Å². The molecule has 0 aliphatic carbocycles. The Morgan fingerprint density at radius 2 is 2.33 bits per heavy atom. The van der Waals surface area contributed by atoms with Crippen molar-refractivity contribution >= 4 is 27.3 Å².